The van der Waals surface area contributed by atoms with Gasteiger partial charge in [-0.25, -0.2) is 17.8 Å². The Balaban J connectivity index is 1.51. The highest BCUT2D eigenvalue weighted by Gasteiger charge is 2.21. The largest absolute Gasteiger partial charge is 0.342 e. The van der Waals surface area contributed by atoms with Gasteiger partial charge in [-0.05, 0) is 48.9 Å². The summed E-state index contributed by atoms with van der Waals surface area (Å²) in [5, 5.41) is 2.83. The van der Waals surface area contributed by atoms with Crippen molar-refractivity contribution in [3.05, 3.63) is 102 Å². The summed E-state index contributed by atoms with van der Waals surface area (Å²) >= 11 is 0. The Bertz CT molecular complexity index is 1370. The first-order valence-corrected chi connectivity index (χ1v) is 11.6. The first-order chi connectivity index (χ1) is 15.8. The van der Waals surface area contributed by atoms with Gasteiger partial charge in [-0.2, -0.15) is 0 Å². The molecule has 0 saturated carbocycles. The number of nitrogens with zero attached hydrogens (tertiary/aromatic N) is 1. The van der Waals surface area contributed by atoms with E-state index in [1.54, 1.807) is 25.3 Å². The minimum atomic E-state index is -4.01. The van der Waals surface area contributed by atoms with Gasteiger partial charge in [-0.1, -0.05) is 42.5 Å². The zero-order valence-electron chi connectivity index (χ0n) is 17.6. The Morgan fingerprint density at radius 3 is 2.36 bits per heavy atom. The highest BCUT2D eigenvalue weighted by atomic mass is 32.2. The summed E-state index contributed by atoms with van der Waals surface area (Å²) in [6.07, 6.45) is 1.69. The Hall–Kier alpha value is -3.98. The first kappa shape index (κ1) is 22.2. The van der Waals surface area contributed by atoms with Crippen molar-refractivity contribution in [3.63, 3.8) is 0 Å². The van der Waals surface area contributed by atoms with Crippen LogP contribution in [0.5, 0.6) is 0 Å². The van der Waals surface area contributed by atoms with Crippen LogP contribution in [0.15, 0.2) is 90.0 Å². The number of hydrogen-bond donors (Lipinski definition) is 3. The second-order valence-corrected chi connectivity index (χ2v) is 9.03. The van der Waals surface area contributed by atoms with Crippen LogP contribution in [0.25, 0.3) is 11.3 Å². The molecule has 0 saturated heterocycles. The van der Waals surface area contributed by atoms with Crippen molar-refractivity contribution >= 4 is 21.6 Å². The van der Waals surface area contributed by atoms with E-state index in [0.717, 1.165) is 35.5 Å². The average Bonchev–Trinajstić information content (AvgIpc) is 3.31. The Morgan fingerprint density at radius 1 is 0.970 bits per heavy atom. The van der Waals surface area contributed by atoms with E-state index in [1.807, 2.05) is 30.3 Å². The molecule has 1 aromatic heterocycles. The van der Waals surface area contributed by atoms with E-state index in [9.17, 15) is 17.6 Å². The second kappa shape index (κ2) is 9.25. The van der Waals surface area contributed by atoms with Crippen molar-refractivity contribution in [2.45, 2.75) is 17.9 Å². The summed E-state index contributed by atoms with van der Waals surface area (Å²) in [5.74, 6) is -0.458. The molecule has 4 aromatic rings. The van der Waals surface area contributed by atoms with Crippen molar-refractivity contribution in [2.75, 3.05) is 4.72 Å². The fourth-order valence-corrected chi connectivity index (χ4v) is 4.33. The van der Waals surface area contributed by atoms with Gasteiger partial charge in [-0.3, -0.25) is 9.52 Å². The molecule has 9 heteroatoms. The Morgan fingerprint density at radius 2 is 1.64 bits per heavy atom. The summed E-state index contributed by atoms with van der Waals surface area (Å²) in [5.41, 5.74) is 2.04. The lowest BCUT2D eigenvalue weighted by Gasteiger charge is -2.15. The van der Waals surface area contributed by atoms with Crippen LogP contribution < -0.4 is 10.0 Å². The molecule has 0 radical (unpaired) electrons. The fourth-order valence-electron chi connectivity index (χ4n) is 3.25. The van der Waals surface area contributed by atoms with Crippen LogP contribution in [0, 0.1) is 5.82 Å². The minimum Gasteiger partial charge on any atom is -0.342 e. The quantitative estimate of drug-likeness (QED) is 0.374. The van der Waals surface area contributed by atoms with Gasteiger partial charge in [0.2, 0.25) is 0 Å². The molecule has 0 bridgehead atoms. The summed E-state index contributed by atoms with van der Waals surface area (Å²) in [6, 6.07) is 19.9. The average molecular weight is 465 g/mol. The zero-order valence-corrected chi connectivity index (χ0v) is 18.4. The van der Waals surface area contributed by atoms with Crippen LogP contribution in [-0.4, -0.2) is 24.3 Å². The van der Waals surface area contributed by atoms with Crippen molar-refractivity contribution in [2.24, 2.45) is 0 Å². The molecular weight excluding hydrogens is 443 g/mol. The number of nitrogens with one attached hydrogen (secondary N) is 3. The third-order valence-electron chi connectivity index (χ3n) is 4.98. The molecule has 0 aliphatic heterocycles. The summed E-state index contributed by atoms with van der Waals surface area (Å²) in [7, 11) is -4.01. The summed E-state index contributed by atoms with van der Waals surface area (Å²) in [6.45, 7) is 1.77. The van der Waals surface area contributed by atoms with Crippen LogP contribution in [0.4, 0.5) is 10.1 Å². The Labute approximate surface area is 190 Å². The molecule has 3 aromatic carbocycles. The molecule has 33 heavy (non-hydrogen) atoms. The number of benzene rings is 3. The number of rotatable bonds is 7. The number of amides is 1. The van der Waals surface area contributed by atoms with Gasteiger partial charge >= 0.3 is 0 Å². The van der Waals surface area contributed by atoms with E-state index in [2.05, 4.69) is 20.0 Å². The van der Waals surface area contributed by atoms with E-state index in [0.29, 0.717) is 5.82 Å². The van der Waals surface area contributed by atoms with Crippen LogP contribution in [0.3, 0.4) is 0 Å². The van der Waals surface area contributed by atoms with Crippen LogP contribution >= 0.6 is 0 Å². The molecule has 7 nitrogen and oxygen atoms in total. The van der Waals surface area contributed by atoms with Crippen LogP contribution in [0.2, 0.25) is 0 Å². The molecule has 0 fully saturated rings. The summed E-state index contributed by atoms with van der Waals surface area (Å²) < 4.78 is 40.9. The number of carbonyl (C=O) groups excluding carboxylic acids is 1. The predicted molar refractivity (Wildman–Crippen MR) is 124 cm³/mol. The van der Waals surface area contributed by atoms with Crippen LogP contribution in [-0.2, 0) is 10.0 Å². The molecule has 1 heterocycles. The number of sulfonamides is 1. The third kappa shape index (κ3) is 5.09. The van der Waals surface area contributed by atoms with Gasteiger partial charge in [0.15, 0.2) is 0 Å². The van der Waals surface area contributed by atoms with Gasteiger partial charge in [0, 0.05) is 0 Å². The monoisotopic (exact) mass is 464 g/mol. The number of H-pyrrole nitrogens is 1. The minimum absolute atomic E-state index is 0.107. The van der Waals surface area contributed by atoms with Crippen molar-refractivity contribution in [3.8, 4) is 11.3 Å². The second-order valence-electron chi connectivity index (χ2n) is 7.35. The predicted octanol–water partition coefficient (Wildman–Crippen LogP) is 4.51. The van der Waals surface area contributed by atoms with Crippen molar-refractivity contribution in [1.82, 2.24) is 15.3 Å². The number of imidazole rings is 1. The number of aromatic nitrogens is 2. The molecular formula is C24H21FN4O3S. The smallest absolute Gasteiger partial charge is 0.261 e. The molecule has 0 spiro atoms. The molecule has 168 valence electrons. The number of carbonyl (C=O) groups is 1. The summed E-state index contributed by atoms with van der Waals surface area (Å²) in [4.78, 5) is 20.4. The van der Waals surface area contributed by atoms with Gasteiger partial charge in [0.05, 0.1) is 34.1 Å². The molecule has 4 rings (SSSR count). The van der Waals surface area contributed by atoms with E-state index in [4.69, 9.17) is 0 Å². The van der Waals surface area contributed by atoms with Crippen molar-refractivity contribution in [1.29, 1.82) is 0 Å². The van der Waals surface area contributed by atoms with Gasteiger partial charge < -0.3 is 10.3 Å². The highest BCUT2D eigenvalue weighted by molar-refractivity contribution is 7.92. The number of aromatic amines is 1. The normalized spacial score (nSPS) is 12.2. The molecule has 1 unspecified atom stereocenters. The number of halogens is 1. The van der Waals surface area contributed by atoms with Gasteiger partial charge in [0.25, 0.3) is 15.9 Å². The number of para-hydroxylation sites is 1. The lowest BCUT2D eigenvalue weighted by Crippen LogP contribution is -2.28. The van der Waals surface area contributed by atoms with Gasteiger partial charge in [-0.15, -0.1) is 0 Å². The molecule has 0 aliphatic carbocycles. The topological polar surface area (TPSA) is 104 Å². The van der Waals surface area contributed by atoms with E-state index in [-0.39, 0.29) is 16.1 Å². The standard InChI is InChI=1S/C24H21FN4O3S/c1-16(23-26-15-22(28-23)17-7-3-2-4-8-17)27-24(30)20-9-5-6-10-21(20)29-33(31,32)19-13-11-18(25)12-14-19/h2-16,29H,1H3,(H,26,28)(H,27,30). The lowest BCUT2D eigenvalue weighted by molar-refractivity contribution is 0.0939. The maximum Gasteiger partial charge on any atom is 0.261 e. The first-order valence-electron chi connectivity index (χ1n) is 10.1. The maximum absolute atomic E-state index is 13.2. The number of hydrogen-bond acceptors (Lipinski definition) is 4. The van der Waals surface area contributed by atoms with Gasteiger partial charge in [0.1, 0.15) is 11.6 Å². The maximum atomic E-state index is 13.2. The molecule has 1 atom stereocenters. The van der Waals surface area contributed by atoms with Crippen molar-refractivity contribution < 1.29 is 17.6 Å². The molecule has 3 N–H and O–H groups in total. The fraction of sp³-hybridized carbons (Fsp3) is 0.0833. The third-order valence-corrected chi connectivity index (χ3v) is 6.36. The van der Waals surface area contributed by atoms with E-state index in [1.165, 1.54) is 12.1 Å². The van der Waals surface area contributed by atoms with Crippen LogP contribution in [0.1, 0.15) is 29.1 Å². The van der Waals surface area contributed by atoms with E-state index < -0.39 is 27.8 Å². The Kier molecular flexibility index (Phi) is 6.23. The number of anilines is 1. The van der Waals surface area contributed by atoms with E-state index >= 15 is 0 Å². The lowest BCUT2D eigenvalue weighted by atomic mass is 10.1. The highest BCUT2D eigenvalue weighted by Crippen LogP contribution is 2.22. The SMILES string of the molecule is CC(NC(=O)c1ccccc1NS(=O)(=O)c1ccc(F)cc1)c1ncc(-c2ccccc2)[nH]1. The molecule has 1 amide bonds. The molecule has 0 aliphatic rings. The zero-order chi connectivity index (χ0) is 23.4.